The summed E-state index contributed by atoms with van der Waals surface area (Å²) in [5.41, 5.74) is 2.92. The van der Waals surface area contributed by atoms with Crippen LogP contribution in [-0.4, -0.2) is 58.4 Å². The molecule has 0 spiro atoms. The molecular formula is C25H33N3O5S. The Balaban J connectivity index is 1.72. The van der Waals surface area contributed by atoms with Crippen LogP contribution in [0.5, 0.6) is 0 Å². The number of benzene rings is 2. The molecule has 1 fully saturated rings. The number of nitrogens with zero attached hydrogens (tertiary/aromatic N) is 2. The van der Waals surface area contributed by atoms with Gasteiger partial charge in [0.1, 0.15) is 0 Å². The van der Waals surface area contributed by atoms with E-state index in [2.05, 4.69) is 12.2 Å². The van der Waals surface area contributed by atoms with Gasteiger partial charge in [-0.15, -0.1) is 0 Å². The number of rotatable bonds is 9. The number of ether oxygens (including phenoxy) is 1. The molecule has 0 aliphatic carbocycles. The fourth-order valence-electron chi connectivity index (χ4n) is 3.90. The Morgan fingerprint density at radius 3 is 2.32 bits per heavy atom. The maximum absolute atomic E-state index is 13.0. The molecule has 9 heteroatoms. The van der Waals surface area contributed by atoms with Gasteiger partial charge in [0, 0.05) is 27.2 Å². The number of carbonyl (C=O) groups excluding carboxylic acids is 2. The molecule has 3 rings (SSSR count). The van der Waals surface area contributed by atoms with E-state index in [0.717, 1.165) is 42.2 Å². The van der Waals surface area contributed by atoms with Gasteiger partial charge in [0.25, 0.3) is 5.91 Å². The Bertz CT molecular complexity index is 1120. The first kappa shape index (κ1) is 25.7. The molecule has 0 aromatic heterocycles. The van der Waals surface area contributed by atoms with Crippen molar-refractivity contribution in [3.63, 3.8) is 0 Å². The summed E-state index contributed by atoms with van der Waals surface area (Å²) in [7, 11) is -0.861. The lowest BCUT2D eigenvalue weighted by atomic mass is 10.1. The molecule has 184 valence electrons. The number of aryl methyl sites for hydroxylation is 1. The molecule has 1 unspecified atom stereocenters. The fraction of sp³-hybridized carbons (Fsp3) is 0.440. The van der Waals surface area contributed by atoms with Gasteiger partial charge in [0.2, 0.25) is 10.0 Å². The third kappa shape index (κ3) is 5.95. The van der Waals surface area contributed by atoms with Gasteiger partial charge >= 0.3 is 5.97 Å². The summed E-state index contributed by atoms with van der Waals surface area (Å²) < 4.78 is 31.6. The van der Waals surface area contributed by atoms with Crippen molar-refractivity contribution < 1.29 is 22.7 Å². The van der Waals surface area contributed by atoms with Crippen LogP contribution in [0.3, 0.4) is 0 Å². The molecule has 1 aliphatic rings. The van der Waals surface area contributed by atoms with Crippen LogP contribution in [-0.2, 0) is 26.0 Å². The van der Waals surface area contributed by atoms with Crippen molar-refractivity contribution in [2.24, 2.45) is 0 Å². The molecular weight excluding hydrogens is 454 g/mol. The van der Waals surface area contributed by atoms with E-state index in [4.69, 9.17) is 4.74 Å². The van der Waals surface area contributed by atoms with Crippen LogP contribution in [0.4, 0.5) is 5.69 Å². The minimum Gasteiger partial charge on any atom is -0.452 e. The normalized spacial score (nSPS) is 14.8. The van der Waals surface area contributed by atoms with Crippen LogP contribution in [0, 0.1) is 0 Å². The zero-order chi connectivity index (χ0) is 24.9. The van der Waals surface area contributed by atoms with Crippen LogP contribution < -0.4 is 10.2 Å². The lowest BCUT2D eigenvalue weighted by Gasteiger charge is -2.22. The molecule has 1 saturated heterocycles. The number of carbonyl (C=O) groups is 2. The summed E-state index contributed by atoms with van der Waals surface area (Å²) in [4.78, 5) is 27.4. The van der Waals surface area contributed by atoms with E-state index in [1.165, 1.54) is 31.8 Å². The molecule has 1 aliphatic heterocycles. The highest BCUT2D eigenvalue weighted by molar-refractivity contribution is 7.89. The van der Waals surface area contributed by atoms with Gasteiger partial charge in [-0.3, -0.25) is 4.79 Å². The van der Waals surface area contributed by atoms with E-state index >= 15 is 0 Å². The standard InChI is InChI=1S/C25H33N3O5S/c1-5-19-8-10-20(11-9-19)18(2)26-24(29)17-33-25(30)22-16-21(34(31,32)27(3)4)12-13-23(22)28-14-6-7-15-28/h8-13,16,18H,5-7,14-15,17H2,1-4H3,(H,26,29). The Hall–Kier alpha value is -2.91. The van der Waals surface area contributed by atoms with E-state index in [9.17, 15) is 18.0 Å². The molecule has 0 saturated carbocycles. The van der Waals surface area contributed by atoms with Crippen LogP contribution in [0.15, 0.2) is 47.4 Å². The second kappa shape index (κ2) is 11.0. The van der Waals surface area contributed by atoms with Crippen molar-refractivity contribution in [3.8, 4) is 0 Å². The van der Waals surface area contributed by atoms with Crippen LogP contribution >= 0.6 is 0 Å². The molecule has 0 radical (unpaired) electrons. The number of sulfonamides is 1. The summed E-state index contributed by atoms with van der Waals surface area (Å²) in [6, 6.07) is 12.2. The second-order valence-electron chi connectivity index (χ2n) is 8.62. The number of hydrogen-bond acceptors (Lipinski definition) is 6. The van der Waals surface area contributed by atoms with Gasteiger partial charge in [0.05, 0.1) is 22.2 Å². The fourth-order valence-corrected chi connectivity index (χ4v) is 4.83. The summed E-state index contributed by atoms with van der Waals surface area (Å²) >= 11 is 0. The minimum atomic E-state index is -3.73. The van der Waals surface area contributed by atoms with E-state index < -0.39 is 28.5 Å². The van der Waals surface area contributed by atoms with Crippen molar-refractivity contribution in [3.05, 3.63) is 59.2 Å². The highest BCUT2D eigenvalue weighted by atomic mass is 32.2. The number of anilines is 1. The summed E-state index contributed by atoms with van der Waals surface area (Å²) in [6.45, 7) is 5.03. The average molecular weight is 488 g/mol. The molecule has 2 aromatic carbocycles. The van der Waals surface area contributed by atoms with Gasteiger partial charge in [-0.25, -0.2) is 17.5 Å². The van der Waals surface area contributed by atoms with Gasteiger partial charge in [-0.1, -0.05) is 31.2 Å². The highest BCUT2D eigenvalue weighted by Crippen LogP contribution is 2.28. The first-order chi connectivity index (χ1) is 16.1. The zero-order valence-corrected chi connectivity index (χ0v) is 21.0. The Morgan fingerprint density at radius 2 is 1.74 bits per heavy atom. The molecule has 1 amide bonds. The molecule has 2 aromatic rings. The van der Waals surface area contributed by atoms with Gasteiger partial charge in [-0.05, 0) is 55.5 Å². The molecule has 34 heavy (non-hydrogen) atoms. The minimum absolute atomic E-state index is 0.000923. The van der Waals surface area contributed by atoms with Gasteiger partial charge in [0.15, 0.2) is 6.61 Å². The summed E-state index contributed by atoms with van der Waals surface area (Å²) in [5, 5.41) is 2.83. The smallest absolute Gasteiger partial charge is 0.340 e. The van der Waals surface area contributed by atoms with Crippen LogP contribution in [0.1, 0.15) is 54.2 Å². The van der Waals surface area contributed by atoms with Crippen LogP contribution in [0.2, 0.25) is 0 Å². The third-order valence-corrected chi connectivity index (χ3v) is 7.82. The lowest BCUT2D eigenvalue weighted by Crippen LogP contribution is -2.31. The van der Waals surface area contributed by atoms with Crippen LogP contribution in [0.25, 0.3) is 0 Å². The topological polar surface area (TPSA) is 96.0 Å². The van der Waals surface area contributed by atoms with Crippen molar-refractivity contribution in [1.82, 2.24) is 9.62 Å². The maximum atomic E-state index is 13.0. The average Bonchev–Trinajstić information content (AvgIpc) is 3.37. The third-order valence-electron chi connectivity index (χ3n) is 6.01. The van der Waals surface area contributed by atoms with E-state index in [1.54, 1.807) is 6.07 Å². The van der Waals surface area contributed by atoms with Gasteiger partial charge in [-0.2, -0.15) is 0 Å². The maximum Gasteiger partial charge on any atom is 0.340 e. The van der Waals surface area contributed by atoms with E-state index in [1.807, 2.05) is 36.1 Å². The zero-order valence-electron chi connectivity index (χ0n) is 20.2. The van der Waals surface area contributed by atoms with E-state index in [0.29, 0.717) is 5.69 Å². The van der Waals surface area contributed by atoms with Crippen molar-refractivity contribution in [1.29, 1.82) is 0 Å². The molecule has 1 atom stereocenters. The Kier molecular flexibility index (Phi) is 8.33. The number of esters is 1. The molecule has 1 N–H and O–H groups in total. The summed E-state index contributed by atoms with van der Waals surface area (Å²) in [6.07, 6.45) is 2.92. The highest BCUT2D eigenvalue weighted by Gasteiger charge is 2.26. The van der Waals surface area contributed by atoms with E-state index in [-0.39, 0.29) is 16.5 Å². The molecule has 8 nitrogen and oxygen atoms in total. The quantitative estimate of drug-likeness (QED) is 0.546. The largest absolute Gasteiger partial charge is 0.452 e. The van der Waals surface area contributed by atoms with Gasteiger partial charge < -0.3 is 15.0 Å². The number of amides is 1. The monoisotopic (exact) mass is 487 g/mol. The van der Waals surface area contributed by atoms with Crippen molar-refractivity contribution >= 4 is 27.6 Å². The van der Waals surface area contributed by atoms with Crippen molar-refractivity contribution in [2.45, 2.75) is 44.0 Å². The first-order valence-corrected chi connectivity index (χ1v) is 12.9. The number of hydrogen-bond donors (Lipinski definition) is 1. The first-order valence-electron chi connectivity index (χ1n) is 11.5. The molecule has 0 bridgehead atoms. The number of nitrogens with one attached hydrogen (secondary N) is 1. The summed E-state index contributed by atoms with van der Waals surface area (Å²) in [5.74, 6) is -1.16. The second-order valence-corrected chi connectivity index (χ2v) is 10.8. The van der Waals surface area contributed by atoms with Crippen molar-refractivity contribution in [2.75, 3.05) is 38.7 Å². The Morgan fingerprint density at radius 1 is 1.09 bits per heavy atom. The Labute approximate surface area is 201 Å². The predicted octanol–water partition coefficient (Wildman–Crippen LogP) is 3.13. The molecule has 1 heterocycles. The predicted molar refractivity (Wildman–Crippen MR) is 131 cm³/mol. The lowest BCUT2D eigenvalue weighted by molar-refractivity contribution is -0.124. The SMILES string of the molecule is CCc1ccc(C(C)NC(=O)COC(=O)c2cc(S(=O)(=O)N(C)C)ccc2N2CCCC2)cc1.